The zero-order valence-corrected chi connectivity index (χ0v) is 18.6. The third kappa shape index (κ3) is 7.04. The number of rotatable bonds is 8. The summed E-state index contributed by atoms with van der Waals surface area (Å²) in [5.41, 5.74) is 5.43. The van der Waals surface area contributed by atoms with Gasteiger partial charge in [-0.3, -0.25) is 9.59 Å². The number of carbonyl (C=O) groups is 2. The van der Waals surface area contributed by atoms with E-state index in [0.717, 1.165) is 27.8 Å². The second kappa shape index (κ2) is 10.2. The third-order valence-corrected chi connectivity index (χ3v) is 4.92. The Balaban J connectivity index is 2.24. The van der Waals surface area contributed by atoms with Crippen LogP contribution in [-0.2, 0) is 22.6 Å². The molecule has 4 nitrogen and oxygen atoms in total. The Labute approximate surface area is 175 Å². The Kier molecular flexibility index (Phi) is 8.00. The molecule has 0 aliphatic heterocycles. The van der Waals surface area contributed by atoms with Crippen molar-refractivity contribution in [2.24, 2.45) is 5.92 Å². The van der Waals surface area contributed by atoms with E-state index in [9.17, 15) is 9.59 Å². The van der Waals surface area contributed by atoms with Crippen LogP contribution in [0.3, 0.4) is 0 Å². The van der Waals surface area contributed by atoms with Gasteiger partial charge in [0.25, 0.3) is 0 Å². The molecule has 0 unspecified atom stereocenters. The van der Waals surface area contributed by atoms with E-state index in [1.165, 1.54) is 0 Å². The van der Waals surface area contributed by atoms with Crippen molar-refractivity contribution in [3.8, 4) is 0 Å². The number of hydrogen-bond acceptors (Lipinski definition) is 2. The number of carbonyl (C=O) groups excluding carboxylic acids is 2. The Morgan fingerprint density at radius 1 is 0.897 bits per heavy atom. The number of nitrogens with zero attached hydrogens (tertiary/aromatic N) is 1. The summed E-state index contributed by atoms with van der Waals surface area (Å²) in [7, 11) is 0. The second-order valence-corrected chi connectivity index (χ2v) is 8.50. The van der Waals surface area contributed by atoms with Crippen molar-refractivity contribution in [2.45, 2.75) is 60.5 Å². The molecule has 0 aliphatic rings. The highest BCUT2D eigenvalue weighted by Crippen LogP contribution is 2.15. The molecule has 2 rings (SSSR count). The Hall–Kier alpha value is -2.62. The van der Waals surface area contributed by atoms with E-state index in [4.69, 9.17) is 0 Å². The molecule has 0 saturated carbocycles. The van der Waals surface area contributed by atoms with Gasteiger partial charge in [0, 0.05) is 13.1 Å². The predicted molar refractivity (Wildman–Crippen MR) is 119 cm³/mol. The van der Waals surface area contributed by atoms with Gasteiger partial charge in [-0.05, 0) is 44.7 Å². The van der Waals surface area contributed by atoms with Gasteiger partial charge in [-0.1, -0.05) is 73.0 Å². The van der Waals surface area contributed by atoms with E-state index in [1.807, 2.05) is 58.0 Å². The van der Waals surface area contributed by atoms with Crippen LogP contribution in [0.15, 0.2) is 42.5 Å². The van der Waals surface area contributed by atoms with Crippen molar-refractivity contribution in [3.63, 3.8) is 0 Å². The molecular weight excluding hydrogens is 360 g/mol. The fourth-order valence-corrected chi connectivity index (χ4v) is 3.49. The van der Waals surface area contributed by atoms with Crippen LogP contribution >= 0.6 is 0 Å². The largest absolute Gasteiger partial charge is 0.354 e. The quantitative estimate of drug-likeness (QED) is 0.724. The van der Waals surface area contributed by atoms with Crippen LogP contribution in [0.1, 0.15) is 48.6 Å². The first kappa shape index (κ1) is 22.7. The van der Waals surface area contributed by atoms with Crippen molar-refractivity contribution in [1.82, 2.24) is 10.2 Å². The molecule has 156 valence electrons. The van der Waals surface area contributed by atoms with Gasteiger partial charge in [0.15, 0.2) is 0 Å². The van der Waals surface area contributed by atoms with Crippen molar-refractivity contribution in [1.29, 1.82) is 0 Å². The molecule has 2 aromatic rings. The molecule has 0 heterocycles. The van der Waals surface area contributed by atoms with Crippen LogP contribution < -0.4 is 5.32 Å². The molecule has 1 N–H and O–H groups in total. The number of aryl methyl sites for hydroxylation is 3. The predicted octanol–water partition coefficient (Wildman–Crippen LogP) is 4.34. The third-order valence-electron chi connectivity index (χ3n) is 4.92. The lowest BCUT2D eigenvalue weighted by Gasteiger charge is -2.29. The van der Waals surface area contributed by atoms with Gasteiger partial charge < -0.3 is 10.2 Å². The Morgan fingerprint density at radius 3 is 2.10 bits per heavy atom. The lowest BCUT2D eigenvalue weighted by molar-refractivity contribution is -0.140. The first-order valence-corrected chi connectivity index (χ1v) is 10.4. The second-order valence-electron chi connectivity index (χ2n) is 8.50. The maximum Gasteiger partial charge on any atom is 0.242 e. The van der Waals surface area contributed by atoms with Crippen molar-refractivity contribution in [2.75, 3.05) is 6.54 Å². The summed E-state index contributed by atoms with van der Waals surface area (Å²) < 4.78 is 0. The van der Waals surface area contributed by atoms with E-state index < -0.39 is 6.04 Å². The summed E-state index contributed by atoms with van der Waals surface area (Å²) in [5, 5.41) is 2.96. The summed E-state index contributed by atoms with van der Waals surface area (Å²) in [6.07, 6.45) is 0.288. The van der Waals surface area contributed by atoms with Crippen LogP contribution in [0, 0.1) is 26.7 Å². The molecule has 29 heavy (non-hydrogen) atoms. The highest BCUT2D eigenvalue weighted by atomic mass is 16.2. The lowest BCUT2D eigenvalue weighted by Crippen LogP contribution is -2.48. The number of amides is 2. The van der Waals surface area contributed by atoms with Crippen LogP contribution in [0.4, 0.5) is 0 Å². The lowest BCUT2D eigenvalue weighted by atomic mass is 10.0. The monoisotopic (exact) mass is 394 g/mol. The molecule has 0 saturated heterocycles. The molecule has 1 atom stereocenters. The molecule has 0 fully saturated rings. The zero-order valence-electron chi connectivity index (χ0n) is 18.6. The minimum absolute atomic E-state index is 0.0382. The topological polar surface area (TPSA) is 49.4 Å². The van der Waals surface area contributed by atoms with Crippen molar-refractivity contribution >= 4 is 11.8 Å². The fourth-order valence-electron chi connectivity index (χ4n) is 3.49. The van der Waals surface area contributed by atoms with Gasteiger partial charge in [0.05, 0.1) is 6.42 Å². The molecule has 0 radical (unpaired) electrons. The minimum atomic E-state index is -0.535. The van der Waals surface area contributed by atoms with E-state index in [-0.39, 0.29) is 18.2 Å². The molecule has 4 heteroatoms. The van der Waals surface area contributed by atoms with E-state index in [0.29, 0.717) is 19.0 Å². The van der Waals surface area contributed by atoms with Gasteiger partial charge in [-0.25, -0.2) is 0 Å². The molecule has 0 spiro atoms. The van der Waals surface area contributed by atoms with Crippen molar-refractivity contribution in [3.05, 3.63) is 70.3 Å². The summed E-state index contributed by atoms with van der Waals surface area (Å²) in [6.45, 7) is 13.0. The maximum absolute atomic E-state index is 13.3. The van der Waals surface area contributed by atoms with Gasteiger partial charge in [0.1, 0.15) is 6.04 Å². The van der Waals surface area contributed by atoms with Gasteiger partial charge in [-0.15, -0.1) is 0 Å². The molecule has 0 aliphatic carbocycles. The van der Waals surface area contributed by atoms with Gasteiger partial charge >= 0.3 is 0 Å². The summed E-state index contributed by atoms with van der Waals surface area (Å²) in [4.78, 5) is 27.7. The number of nitrogens with one attached hydrogen (secondary N) is 1. The SMILES string of the molecule is Cc1cc(C)cc(CC(=O)N(Cc2cccc(C)c2)[C@H](C)C(=O)NCC(C)C)c1. The van der Waals surface area contributed by atoms with Crippen LogP contribution in [0.5, 0.6) is 0 Å². The molecule has 0 aromatic heterocycles. The number of hydrogen-bond donors (Lipinski definition) is 1. The van der Waals surface area contributed by atoms with E-state index >= 15 is 0 Å². The van der Waals surface area contributed by atoms with Crippen molar-refractivity contribution < 1.29 is 9.59 Å². The zero-order chi connectivity index (χ0) is 21.6. The van der Waals surface area contributed by atoms with Crippen LogP contribution in [0.25, 0.3) is 0 Å². The van der Waals surface area contributed by atoms with E-state index in [1.54, 1.807) is 4.90 Å². The summed E-state index contributed by atoms with van der Waals surface area (Å²) in [5.74, 6) is 0.214. The highest BCUT2D eigenvalue weighted by Gasteiger charge is 2.26. The highest BCUT2D eigenvalue weighted by molar-refractivity contribution is 5.88. The maximum atomic E-state index is 13.3. The molecule has 0 bridgehead atoms. The first-order valence-electron chi connectivity index (χ1n) is 10.4. The average molecular weight is 395 g/mol. The standard InChI is InChI=1S/C25H34N2O2/c1-17(2)15-26-25(29)21(6)27(16-22-9-7-8-18(3)11-22)24(28)14-23-12-19(4)10-20(5)13-23/h7-13,17,21H,14-16H2,1-6H3,(H,26,29)/t21-/m1/s1. The summed E-state index contributed by atoms with van der Waals surface area (Å²) in [6, 6.07) is 13.7. The molecular formula is C25H34N2O2. The average Bonchev–Trinajstić information content (AvgIpc) is 2.62. The van der Waals surface area contributed by atoms with Crippen LogP contribution in [-0.4, -0.2) is 29.3 Å². The normalized spacial score (nSPS) is 12.0. The summed E-state index contributed by atoms with van der Waals surface area (Å²) >= 11 is 0. The van der Waals surface area contributed by atoms with Gasteiger partial charge in [0.2, 0.25) is 11.8 Å². The molecule has 2 amide bonds. The van der Waals surface area contributed by atoms with E-state index in [2.05, 4.69) is 31.3 Å². The van der Waals surface area contributed by atoms with Crippen LogP contribution in [0.2, 0.25) is 0 Å². The Morgan fingerprint density at radius 2 is 1.52 bits per heavy atom. The smallest absolute Gasteiger partial charge is 0.242 e. The first-order chi connectivity index (χ1) is 13.7. The Bertz CT molecular complexity index is 837. The van der Waals surface area contributed by atoms with Gasteiger partial charge in [-0.2, -0.15) is 0 Å². The molecule has 2 aromatic carbocycles. The minimum Gasteiger partial charge on any atom is -0.354 e. The fraction of sp³-hybridized carbons (Fsp3) is 0.440. The number of benzene rings is 2.